The Morgan fingerprint density at radius 3 is 2.93 bits per heavy atom. The highest BCUT2D eigenvalue weighted by Crippen LogP contribution is 2.19. The molecule has 0 saturated carbocycles. The molecule has 2 fully saturated rings. The molecule has 2 atom stereocenters. The number of rotatable bonds is 9. The highest BCUT2D eigenvalue weighted by Gasteiger charge is 2.24. The molecule has 0 spiro atoms. The Labute approximate surface area is 163 Å². The highest BCUT2D eigenvalue weighted by molar-refractivity contribution is 5.79. The first kappa shape index (κ1) is 20.1. The molecule has 0 amide bonds. The summed E-state index contributed by atoms with van der Waals surface area (Å²) in [5.41, 5.74) is 1.39. The van der Waals surface area contributed by atoms with Gasteiger partial charge in [-0.2, -0.15) is 0 Å². The predicted molar refractivity (Wildman–Crippen MR) is 109 cm³/mol. The molecule has 27 heavy (non-hydrogen) atoms. The zero-order chi connectivity index (χ0) is 18.7. The highest BCUT2D eigenvalue weighted by atomic mass is 16.5. The smallest absolute Gasteiger partial charge is 0.191 e. The van der Waals surface area contributed by atoms with Gasteiger partial charge in [-0.05, 0) is 37.8 Å². The maximum absolute atomic E-state index is 5.80. The van der Waals surface area contributed by atoms with Gasteiger partial charge in [0.25, 0.3) is 0 Å². The van der Waals surface area contributed by atoms with Crippen LogP contribution in [0, 0.1) is 0 Å². The average Bonchev–Trinajstić information content (AvgIpc) is 3.37. The van der Waals surface area contributed by atoms with Crippen LogP contribution in [-0.2, 0) is 16.0 Å². The summed E-state index contributed by atoms with van der Waals surface area (Å²) in [5, 5.41) is 6.89. The normalized spacial score (nSPS) is 23.7. The molecule has 150 valence electrons. The molecular formula is C21H34N4O2. The number of nitrogens with one attached hydrogen (secondary N) is 2. The van der Waals surface area contributed by atoms with Gasteiger partial charge in [-0.15, -0.1) is 0 Å². The van der Waals surface area contributed by atoms with E-state index in [1.165, 1.54) is 24.9 Å². The van der Waals surface area contributed by atoms with Gasteiger partial charge in [-0.25, -0.2) is 0 Å². The fraction of sp³-hybridized carbons (Fsp3) is 0.667. The Morgan fingerprint density at radius 1 is 1.26 bits per heavy atom. The zero-order valence-corrected chi connectivity index (χ0v) is 16.5. The van der Waals surface area contributed by atoms with E-state index < -0.39 is 0 Å². The molecule has 6 heteroatoms. The second kappa shape index (κ2) is 11.3. The number of nitrogens with zero attached hydrogens (tertiary/aromatic N) is 2. The molecule has 3 rings (SSSR count). The van der Waals surface area contributed by atoms with Crippen LogP contribution in [0.5, 0.6) is 0 Å². The second-order valence-corrected chi connectivity index (χ2v) is 7.34. The van der Waals surface area contributed by atoms with Crippen molar-refractivity contribution in [1.29, 1.82) is 0 Å². The Morgan fingerprint density at radius 2 is 2.15 bits per heavy atom. The minimum atomic E-state index is 0.292. The van der Waals surface area contributed by atoms with Crippen molar-refractivity contribution in [2.24, 2.45) is 4.99 Å². The summed E-state index contributed by atoms with van der Waals surface area (Å²) in [6, 6.07) is 11.3. The second-order valence-electron chi connectivity index (χ2n) is 7.34. The van der Waals surface area contributed by atoms with E-state index in [1.54, 1.807) is 0 Å². The van der Waals surface area contributed by atoms with Crippen molar-refractivity contribution in [3.8, 4) is 0 Å². The molecule has 2 saturated heterocycles. The van der Waals surface area contributed by atoms with Gasteiger partial charge in [-0.1, -0.05) is 30.3 Å². The summed E-state index contributed by atoms with van der Waals surface area (Å²) >= 11 is 0. The number of benzene rings is 1. The fourth-order valence-corrected chi connectivity index (χ4v) is 3.76. The summed E-state index contributed by atoms with van der Waals surface area (Å²) in [5.74, 6) is 0.880. The molecule has 0 radical (unpaired) electrons. The van der Waals surface area contributed by atoms with Gasteiger partial charge in [0.2, 0.25) is 0 Å². The largest absolute Gasteiger partial charge is 0.379 e. The van der Waals surface area contributed by atoms with Crippen molar-refractivity contribution in [3.63, 3.8) is 0 Å². The molecule has 2 aliphatic heterocycles. The van der Waals surface area contributed by atoms with E-state index >= 15 is 0 Å². The zero-order valence-electron chi connectivity index (χ0n) is 16.5. The molecule has 1 aromatic rings. The number of likely N-dealkylation sites (tertiary alicyclic amines) is 1. The van der Waals surface area contributed by atoms with E-state index in [2.05, 4.69) is 50.9 Å². The quantitative estimate of drug-likeness (QED) is 0.393. The predicted octanol–water partition coefficient (Wildman–Crippen LogP) is 2.01. The van der Waals surface area contributed by atoms with Crippen LogP contribution in [0.4, 0.5) is 0 Å². The summed E-state index contributed by atoms with van der Waals surface area (Å²) in [6.07, 6.45) is 4.81. The molecule has 0 aliphatic carbocycles. The van der Waals surface area contributed by atoms with E-state index in [0.717, 1.165) is 58.3 Å². The standard InChI is InChI=1S/C21H34N4O2/c1-22-21(23-11-6-13-27-20-10-14-26-17-20)24-15-19-9-5-12-25(19)16-18-7-3-2-4-8-18/h2-4,7-8,19-20H,5-6,9-17H2,1H3,(H2,22,23,24). The van der Waals surface area contributed by atoms with E-state index in [1.807, 2.05) is 7.05 Å². The van der Waals surface area contributed by atoms with Gasteiger partial charge >= 0.3 is 0 Å². The lowest BCUT2D eigenvalue weighted by Gasteiger charge is -2.25. The van der Waals surface area contributed by atoms with Crippen molar-refractivity contribution in [3.05, 3.63) is 35.9 Å². The number of hydrogen-bond acceptors (Lipinski definition) is 4. The number of hydrogen-bond donors (Lipinski definition) is 2. The lowest BCUT2D eigenvalue weighted by molar-refractivity contribution is 0.0420. The summed E-state index contributed by atoms with van der Waals surface area (Å²) in [4.78, 5) is 6.92. The summed E-state index contributed by atoms with van der Waals surface area (Å²) in [7, 11) is 1.83. The van der Waals surface area contributed by atoms with Crippen LogP contribution in [0.1, 0.15) is 31.2 Å². The molecule has 2 aliphatic rings. The van der Waals surface area contributed by atoms with E-state index in [-0.39, 0.29) is 0 Å². The third kappa shape index (κ3) is 6.79. The lowest BCUT2D eigenvalue weighted by Crippen LogP contribution is -2.45. The molecule has 0 bridgehead atoms. The van der Waals surface area contributed by atoms with Gasteiger partial charge in [0, 0.05) is 45.9 Å². The number of guanidine groups is 1. The Bertz CT molecular complexity index is 561. The van der Waals surface area contributed by atoms with Crippen LogP contribution in [0.2, 0.25) is 0 Å². The van der Waals surface area contributed by atoms with E-state index in [9.17, 15) is 0 Å². The molecular weight excluding hydrogens is 340 g/mol. The summed E-state index contributed by atoms with van der Waals surface area (Å²) in [6.45, 7) is 6.36. The monoisotopic (exact) mass is 374 g/mol. The van der Waals surface area contributed by atoms with E-state index in [0.29, 0.717) is 12.1 Å². The molecule has 2 heterocycles. The topological polar surface area (TPSA) is 58.1 Å². The van der Waals surface area contributed by atoms with E-state index in [4.69, 9.17) is 9.47 Å². The Hall–Kier alpha value is -1.63. The van der Waals surface area contributed by atoms with Crippen LogP contribution >= 0.6 is 0 Å². The SMILES string of the molecule is CN=C(NCCCOC1CCOC1)NCC1CCCN1Cc1ccccc1. The summed E-state index contributed by atoms with van der Waals surface area (Å²) < 4.78 is 11.1. The first-order valence-electron chi connectivity index (χ1n) is 10.3. The van der Waals surface area contributed by atoms with Crippen LogP contribution in [-0.4, -0.2) is 69.5 Å². The van der Waals surface area contributed by atoms with Gasteiger partial charge in [0.15, 0.2) is 5.96 Å². The lowest BCUT2D eigenvalue weighted by atomic mass is 10.2. The fourth-order valence-electron chi connectivity index (χ4n) is 3.76. The van der Waals surface area contributed by atoms with Gasteiger partial charge in [0.05, 0.1) is 12.7 Å². The van der Waals surface area contributed by atoms with Crippen molar-refractivity contribution in [2.75, 3.05) is 46.5 Å². The first-order valence-corrected chi connectivity index (χ1v) is 10.3. The van der Waals surface area contributed by atoms with Crippen LogP contribution in [0.3, 0.4) is 0 Å². The molecule has 2 N–H and O–H groups in total. The minimum absolute atomic E-state index is 0.292. The third-order valence-electron chi connectivity index (χ3n) is 5.31. The van der Waals surface area contributed by atoms with Crippen molar-refractivity contribution in [2.45, 2.75) is 44.4 Å². The van der Waals surface area contributed by atoms with Gasteiger partial charge < -0.3 is 20.1 Å². The molecule has 2 unspecified atom stereocenters. The van der Waals surface area contributed by atoms with Crippen molar-refractivity contribution in [1.82, 2.24) is 15.5 Å². The number of aliphatic imine (C=N–C) groups is 1. The maximum Gasteiger partial charge on any atom is 0.191 e. The Kier molecular flexibility index (Phi) is 8.39. The average molecular weight is 375 g/mol. The van der Waals surface area contributed by atoms with Crippen LogP contribution in [0.15, 0.2) is 35.3 Å². The van der Waals surface area contributed by atoms with Crippen LogP contribution in [0.25, 0.3) is 0 Å². The molecule has 6 nitrogen and oxygen atoms in total. The Balaban J connectivity index is 1.32. The number of ether oxygens (including phenoxy) is 2. The molecule has 1 aromatic carbocycles. The van der Waals surface area contributed by atoms with Crippen LogP contribution < -0.4 is 10.6 Å². The maximum atomic E-state index is 5.80. The first-order chi connectivity index (χ1) is 13.3. The van der Waals surface area contributed by atoms with Gasteiger partial charge in [0.1, 0.15) is 0 Å². The molecule has 0 aromatic heterocycles. The van der Waals surface area contributed by atoms with Crippen molar-refractivity contribution < 1.29 is 9.47 Å². The van der Waals surface area contributed by atoms with Gasteiger partial charge in [-0.3, -0.25) is 9.89 Å². The minimum Gasteiger partial charge on any atom is -0.379 e. The third-order valence-corrected chi connectivity index (χ3v) is 5.31. The van der Waals surface area contributed by atoms with Crippen molar-refractivity contribution >= 4 is 5.96 Å².